The normalized spacial score (nSPS) is 14.5. The first-order valence-corrected chi connectivity index (χ1v) is 11.4. The van der Waals surface area contributed by atoms with E-state index in [1.807, 2.05) is 91.9 Å². The number of amides is 1. The van der Waals surface area contributed by atoms with Gasteiger partial charge in [-0.15, -0.1) is 0 Å². The Hall–Kier alpha value is -3.86. The molecule has 0 N–H and O–H groups in total. The van der Waals surface area contributed by atoms with Gasteiger partial charge in [0.1, 0.15) is 5.71 Å². The van der Waals surface area contributed by atoms with Gasteiger partial charge >= 0.3 is 0 Å². The standard InChI is InChI=1S/C28H28N2O3/c1-3-5-18-33-25-17-16-21(20-26(25)32-4-2)19-24-27(22-12-8-6-9-13-22)29-30(28(24)31)23-14-10-7-11-15-23/h6-17,19-20H,3-5,18H2,1-2H3/b24-19-. The quantitative estimate of drug-likeness (QED) is 0.298. The number of rotatable bonds is 9. The highest BCUT2D eigenvalue weighted by molar-refractivity contribution is 6.37. The molecule has 1 aliphatic rings. The second kappa shape index (κ2) is 10.6. The highest BCUT2D eigenvalue weighted by Gasteiger charge is 2.32. The van der Waals surface area contributed by atoms with Gasteiger partial charge in [-0.3, -0.25) is 4.79 Å². The van der Waals surface area contributed by atoms with Crippen LogP contribution in [0.15, 0.2) is 89.5 Å². The van der Waals surface area contributed by atoms with E-state index in [4.69, 9.17) is 9.47 Å². The second-order valence-electron chi connectivity index (χ2n) is 7.67. The fraction of sp³-hybridized carbons (Fsp3) is 0.214. The molecule has 0 fully saturated rings. The maximum atomic E-state index is 13.4. The van der Waals surface area contributed by atoms with Crippen LogP contribution in [-0.4, -0.2) is 24.8 Å². The minimum absolute atomic E-state index is 0.165. The summed E-state index contributed by atoms with van der Waals surface area (Å²) in [5.74, 6) is 1.22. The first-order chi connectivity index (χ1) is 16.2. The molecule has 1 amide bonds. The summed E-state index contributed by atoms with van der Waals surface area (Å²) in [7, 11) is 0. The van der Waals surface area contributed by atoms with Crippen LogP contribution in [0.5, 0.6) is 11.5 Å². The lowest BCUT2D eigenvalue weighted by molar-refractivity contribution is -0.114. The average molecular weight is 441 g/mol. The highest BCUT2D eigenvalue weighted by atomic mass is 16.5. The second-order valence-corrected chi connectivity index (χ2v) is 7.67. The smallest absolute Gasteiger partial charge is 0.281 e. The Morgan fingerprint density at radius 1 is 0.879 bits per heavy atom. The molecule has 0 unspecified atom stereocenters. The number of hydrazone groups is 1. The molecule has 0 spiro atoms. The molecule has 0 saturated heterocycles. The lowest BCUT2D eigenvalue weighted by atomic mass is 10.00. The van der Waals surface area contributed by atoms with Gasteiger partial charge in [0, 0.05) is 5.56 Å². The molecule has 0 bridgehead atoms. The maximum Gasteiger partial charge on any atom is 0.281 e. The number of hydrogen-bond acceptors (Lipinski definition) is 4. The van der Waals surface area contributed by atoms with E-state index in [-0.39, 0.29) is 5.91 Å². The zero-order valence-electron chi connectivity index (χ0n) is 19.0. The van der Waals surface area contributed by atoms with Crippen molar-refractivity contribution in [1.29, 1.82) is 0 Å². The minimum Gasteiger partial charge on any atom is -0.490 e. The highest BCUT2D eigenvalue weighted by Crippen LogP contribution is 2.32. The summed E-state index contributed by atoms with van der Waals surface area (Å²) < 4.78 is 11.7. The summed E-state index contributed by atoms with van der Waals surface area (Å²) in [4.78, 5) is 13.4. The van der Waals surface area contributed by atoms with Gasteiger partial charge in [-0.25, -0.2) is 0 Å². The Labute approximate surface area is 195 Å². The first kappa shape index (κ1) is 22.3. The van der Waals surface area contributed by atoms with Crippen molar-refractivity contribution in [2.45, 2.75) is 26.7 Å². The fourth-order valence-corrected chi connectivity index (χ4v) is 3.59. The van der Waals surface area contributed by atoms with Gasteiger partial charge in [0.05, 0.1) is 24.5 Å². The lowest BCUT2D eigenvalue weighted by Crippen LogP contribution is -2.21. The van der Waals surface area contributed by atoms with Crippen molar-refractivity contribution < 1.29 is 14.3 Å². The van der Waals surface area contributed by atoms with E-state index in [1.165, 1.54) is 5.01 Å². The van der Waals surface area contributed by atoms with Gasteiger partial charge in [0.2, 0.25) is 0 Å². The Morgan fingerprint density at radius 2 is 1.61 bits per heavy atom. The third-order valence-corrected chi connectivity index (χ3v) is 5.26. The monoisotopic (exact) mass is 440 g/mol. The van der Waals surface area contributed by atoms with Gasteiger partial charge in [-0.2, -0.15) is 10.1 Å². The molecule has 0 radical (unpaired) electrons. The number of carbonyl (C=O) groups excluding carboxylic acids is 1. The van der Waals surface area contributed by atoms with E-state index >= 15 is 0 Å². The third-order valence-electron chi connectivity index (χ3n) is 5.26. The average Bonchev–Trinajstić information content (AvgIpc) is 3.18. The van der Waals surface area contributed by atoms with Gasteiger partial charge < -0.3 is 9.47 Å². The number of unbranched alkanes of at least 4 members (excludes halogenated alkanes) is 1. The molecule has 3 aromatic carbocycles. The number of hydrogen-bond donors (Lipinski definition) is 0. The van der Waals surface area contributed by atoms with Crippen LogP contribution >= 0.6 is 0 Å². The van der Waals surface area contributed by atoms with E-state index in [0.717, 1.165) is 29.7 Å². The van der Waals surface area contributed by atoms with Crippen LogP contribution in [0, 0.1) is 0 Å². The molecule has 168 valence electrons. The zero-order chi connectivity index (χ0) is 23.0. The zero-order valence-corrected chi connectivity index (χ0v) is 19.0. The molecule has 0 atom stereocenters. The predicted molar refractivity (Wildman–Crippen MR) is 133 cm³/mol. The Bertz CT molecular complexity index is 1150. The Kier molecular flexibility index (Phi) is 7.20. The predicted octanol–water partition coefficient (Wildman–Crippen LogP) is 6.10. The van der Waals surface area contributed by atoms with Crippen LogP contribution in [0.2, 0.25) is 0 Å². The van der Waals surface area contributed by atoms with Crippen molar-refractivity contribution in [2.24, 2.45) is 5.10 Å². The molecular formula is C28H28N2O3. The third kappa shape index (κ3) is 5.14. The number of para-hydroxylation sites is 1. The minimum atomic E-state index is -0.165. The fourth-order valence-electron chi connectivity index (χ4n) is 3.59. The van der Waals surface area contributed by atoms with Gasteiger partial charge in [0.15, 0.2) is 11.5 Å². The van der Waals surface area contributed by atoms with Crippen molar-refractivity contribution in [3.05, 3.63) is 95.6 Å². The van der Waals surface area contributed by atoms with Crippen molar-refractivity contribution in [1.82, 2.24) is 0 Å². The van der Waals surface area contributed by atoms with Crippen LogP contribution in [0.1, 0.15) is 37.8 Å². The number of anilines is 1. The molecule has 1 aliphatic heterocycles. The molecule has 3 aromatic rings. The molecule has 0 saturated carbocycles. The molecule has 4 rings (SSSR count). The van der Waals surface area contributed by atoms with Gasteiger partial charge in [-0.1, -0.05) is 67.9 Å². The largest absolute Gasteiger partial charge is 0.490 e. The van der Waals surface area contributed by atoms with Crippen molar-refractivity contribution in [3.63, 3.8) is 0 Å². The van der Waals surface area contributed by atoms with E-state index in [1.54, 1.807) is 0 Å². The Balaban J connectivity index is 1.72. The summed E-state index contributed by atoms with van der Waals surface area (Å²) in [6.45, 7) is 5.25. The van der Waals surface area contributed by atoms with Crippen LogP contribution in [-0.2, 0) is 4.79 Å². The van der Waals surface area contributed by atoms with E-state index < -0.39 is 0 Å². The number of nitrogens with zero attached hydrogens (tertiary/aromatic N) is 2. The summed E-state index contributed by atoms with van der Waals surface area (Å²) >= 11 is 0. The molecule has 5 heteroatoms. The van der Waals surface area contributed by atoms with Gasteiger partial charge in [-0.05, 0) is 49.2 Å². The molecule has 0 aliphatic carbocycles. The van der Waals surface area contributed by atoms with E-state index in [2.05, 4.69) is 12.0 Å². The summed E-state index contributed by atoms with van der Waals surface area (Å²) in [6, 6.07) is 25.0. The first-order valence-electron chi connectivity index (χ1n) is 11.4. The number of ether oxygens (including phenoxy) is 2. The van der Waals surface area contributed by atoms with Crippen LogP contribution in [0.4, 0.5) is 5.69 Å². The maximum absolute atomic E-state index is 13.4. The van der Waals surface area contributed by atoms with Crippen molar-refractivity contribution >= 4 is 23.4 Å². The number of benzene rings is 3. The summed E-state index contributed by atoms with van der Waals surface area (Å²) in [5.41, 5.74) is 3.65. The molecule has 0 aromatic heterocycles. The van der Waals surface area contributed by atoms with Gasteiger partial charge in [0.25, 0.3) is 5.91 Å². The summed E-state index contributed by atoms with van der Waals surface area (Å²) in [6.07, 6.45) is 3.92. The SMILES string of the molecule is CCCCOc1ccc(/C=C2\C(=O)N(c3ccccc3)N=C2c2ccccc2)cc1OCC. The molecular weight excluding hydrogens is 412 g/mol. The molecule has 5 nitrogen and oxygen atoms in total. The Morgan fingerprint density at radius 3 is 2.30 bits per heavy atom. The van der Waals surface area contributed by atoms with Crippen molar-refractivity contribution in [3.8, 4) is 11.5 Å². The summed E-state index contributed by atoms with van der Waals surface area (Å²) in [5, 5.41) is 6.15. The van der Waals surface area contributed by atoms with Crippen LogP contribution in [0.3, 0.4) is 0 Å². The van der Waals surface area contributed by atoms with E-state index in [0.29, 0.717) is 36.0 Å². The molecule has 1 heterocycles. The molecule has 33 heavy (non-hydrogen) atoms. The van der Waals surface area contributed by atoms with Crippen LogP contribution in [0.25, 0.3) is 6.08 Å². The van der Waals surface area contributed by atoms with Crippen molar-refractivity contribution in [2.75, 3.05) is 18.2 Å². The topological polar surface area (TPSA) is 51.1 Å². The van der Waals surface area contributed by atoms with Crippen LogP contribution < -0.4 is 14.5 Å². The van der Waals surface area contributed by atoms with E-state index in [9.17, 15) is 4.79 Å². The lowest BCUT2D eigenvalue weighted by Gasteiger charge is -2.13. The number of carbonyl (C=O) groups is 1.